The molecule has 0 saturated carbocycles. The van der Waals surface area contributed by atoms with Crippen molar-refractivity contribution in [3.05, 3.63) is 35.4 Å². The first kappa shape index (κ1) is 16.9. The number of nitrogens with zero attached hydrogens (tertiary/aromatic N) is 1. The van der Waals surface area contributed by atoms with Gasteiger partial charge in [0, 0.05) is 26.8 Å². The Morgan fingerprint density at radius 1 is 1.37 bits per heavy atom. The topological polar surface area (TPSA) is 86.7 Å². The summed E-state index contributed by atoms with van der Waals surface area (Å²) in [6.45, 7) is 6.06. The van der Waals surface area contributed by atoms with E-state index in [-0.39, 0.29) is 17.9 Å². The molecule has 2 amide bonds. The van der Waals surface area contributed by atoms with Gasteiger partial charge in [0.2, 0.25) is 11.8 Å². The lowest BCUT2D eigenvalue weighted by molar-refractivity contribution is -0.138. The third-order valence-corrected chi connectivity index (χ3v) is 4.85. The molecule has 1 aliphatic heterocycles. The molecule has 1 unspecified atom stereocenters. The fourth-order valence-electron chi connectivity index (χ4n) is 2.93. The fraction of sp³-hybridized carbons (Fsp3) is 0.571. The zero-order valence-electron chi connectivity index (χ0n) is 19.5. The molecule has 148 valence electrons. The first-order valence-electron chi connectivity index (χ1n) is 10.5. The molecular formula is C21H30N2O4. The van der Waals surface area contributed by atoms with E-state index in [0.717, 1.165) is 4.90 Å². The van der Waals surface area contributed by atoms with E-state index in [2.05, 4.69) is 5.32 Å². The van der Waals surface area contributed by atoms with Crippen LogP contribution in [-0.4, -0.2) is 46.8 Å². The monoisotopic (exact) mass is 377 g/mol. The van der Waals surface area contributed by atoms with Gasteiger partial charge in [-0.3, -0.25) is 14.4 Å². The number of fused-ring (bicyclic) bond motifs is 1. The number of hydrogen-bond acceptors (Lipinski definition) is 4. The minimum atomic E-state index is -2.25. The Morgan fingerprint density at radius 3 is 2.63 bits per heavy atom. The molecule has 1 heterocycles. The van der Waals surface area contributed by atoms with E-state index in [1.807, 2.05) is 0 Å². The van der Waals surface area contributed by atoms with Crippen molar-refractivity contribution in [3.63, 3.8) is 0 Å². The molecule has 4 atom stereocenters. The normalized spacial score (nSPS) is 30.3. The van der Waals surface area contributed by atoms with Gasteiger partial charge in [-0.2, -0.15) is 0 Å². The molecule has 0 saturated heterocycles. The van der Waals surface area contributed by atoms with Crippen molar-refractivity contribution in [3.8, 4) is 0 Å². The molecule has 1 aliphatic rings. The molecular weight excluding hydrogens is 344 g/mol. The third kappa shape index (κ3) is 4.75. The molecule has 0 aliphatic carbocycles. The van der Waals surface area contributed by atoms with Gasteiger partial charge in [0.25, 0.3) is 0 Å². The van der Waals surface area contributed by atoms with Gasteiger partial charge in [0.1, 0.15) is 12.1 Å². The van der Waals surface area contributed by atoms with Crippen molar-refractivity contribution in [2.75, 3.05) is 7.05 Å². The van der Waals surface area contributed by atoms with Crippen LogP contribution in [-0.2, 0) is 20.8 Å². The Bertz CT molecular complexity index is 856. The molecule has 0 bridgehead atoms. The molecule has 6 nitrogen and oxygen atoms in total. The van der Waals surface area contributed by atoms with E-state index < -0.39 is 48.1 Å². The van der Waals surface area contributed by atoms with Crippen LogP contribution in [0.4, 0.5) is 0 Å². The molecule has 6 heteroatoms. The zero-order valence-corrected chi connectivity index (χ0v) is 16.5. The summed E-state index contributed by atoms with van der Waals surface area (Å²) in [7, 11) is 1.40. The van der Waals surface area contributed by atoms with Gasteiger partial charge in [-0.1, -0.05) is 45.0 Å². The molecule has 2 rings (SSSR count). The highest BCUT2D eigenvalue weighted by Crippen LogP contribution is 2.27. The Kier molecular flexibility index (Phi) is 5.42. The van der Waals surface area contributed by atoms with Crippen molar-refractivity contribution in [2.24, 2.45) is 11.8 Å². The number of aliphatic hydroxyl groups excluding tert-OH is 1. The maximum absolute atomic E-state index is 13.2. The largest absolute Gasteiger partial charge is 0.385 e. The lowest BCUT2D eigenvalue weighted by atomic mass is 9.94. The maximum Gasteiger partial charge on any atom is 0.249 e. The highest BCUT2D eigenvalue weighted by molar-refractivity contribution is 5.93. The number of rotatable bonds is 6. The number of carbonyl (C=O) groups excluding carboxylic acids is 3. The van der Waals surface area contributed by atoms with Crippen molar-refractivity contribution in [1.82, 2.24) is 10.2 Å². The summed E-state index contributed by atoms with van der Waals surface area (Å²) >= 11 is 0. The number of benzene rings is 1. The number of carbonyl (C=O) groups is 3. The highest BCUT2D eigenvalue weighted by atomic mass is 16.3. The van der Waals surface area contributed by atoms with Gasteiger partial charge in [-0.25, -0.2) is 0 Å². The summed E-state index contributed by atoms with van der Waals surface area (Å²) in [6.07, 6.45) is -1.70. The molecule has 27 heavy (non-hydrogen) atoms. The van der Waals surface area contributed by atoms with Crippen LogP contribution in [0.5, 0.6) is 0 Å². The van der Waals surface area contributed by atoms with Crippen LogP contribution < -0.4 is 5.32 Å². The summed E-state index contributed by atoms with van der Waals surface area (Å²) < 4.78 is 25.7. The Morgan fingerprint density at radius 2 is 2.00 bits per heavy atom. The summed E-state index contributed by atoms with van der Waals surface area (Å²) in [5.41, 5.74) is 0.802. The number of aliphatic hydroxyl groups is 1. The van der Waals surface area contributed by atoms with Crippen molar-refractivity contribution < 1.29 is 23.6 Å². The minimum Gasteiger partial charge on any atom is -0.385 e. The number of likely N-dealkylation sites (N-methyl/N-ethyl adjacent to an activating group) is 1. The van der Waals surface area contributed by atoms with E-state index in [1.165, 1.54) is 14.0 Å². The van der Waals surface area contributed by atoms with Crippen molar-refractivity contribution in [2.45, 2.75) is 58.7 Å². The van der Waals surface area contributed by atoms with E-state index in [4.69, 9.17) is 4.11 Å². The second kappa shape index (κ2) is 8.65. The van der Waals surface area contributed by atoms with Gasteiger partial charge < -0.3 is 15.3 Å². The number of nitrogens with one attached hydrogen (secondary N) is 1. The highest BCUT2D eigenvalue weighted by Gasteiger charge is 2.34. The second-order valence-corrected chi connectivity index (χ2v) is 7.37. The Balaban J connectivity index is 2.40. The smallest absolute Gasteiger partial charge is 0.249 e. The van der Waals surface area contributed by atoms with Crippen LogP contribution in [0.15, 0.2) is 24.3 Å². The predicted molar refractivity (Wildman–Crippen MR) is 103 cm³/mol. The van der Waals surface area contributed by atoms with Gasteiger partial charge in [-0.05, 0) is 30.4 Å². The molecule has 0 radical (unpaired) electrons. The summed E-state index contributed by atoms with van der Waals surface area (Å²) in [5, 5.41) is 12.3. The lowest BCUT2D eigenvalue weighted by Gasteiger charge is -2.26. The molecule has 1 aromatic rings. The molecule has 0 aromatic heterocycles. The van der Waals surface area contributed by atoms with E-state index in [9.17, 15) is 19.5 Å². The van der Waals surface area contributed by atoms with Crippen LogP contribution >= 0.6 is 0 Å². The van der Waals surface area contributed by atoms with Crippen LogP contribution in [0, 0.1) is 11.8 Å². The number of ketones is 1. The van der Waals surface area contributed by atoms with Crippen molar-refractivity contribution in [1.29, 1.82) is 0 Å². The van der Waals surface area contributed by atoms with Gasteiger partial charge in [0.15, 0.2) is 5.78 Å². The van der Waals surface area contributed by atoms with Crippen molar-refractivity contribution >= 4 is 17.6 Å². The van der Waals surface area contributed by atoms with Gasteiger partial charge in [-0.15, -0.1) is 0 Å². The number of hydrogen-bond donors (Lipinski definition) is 2. The van der Waals surface area contributed by atoms with Crippen LogP contribution in [0.25, 0.3) is 0 Å². The lowest BCUT2D eigenvalue weighted by Crippen LogP contribution is -2.44. The molecule has 2 N–H and O–H groups in total. The van der Waals surface area contributed by atoms with Crippen LogP contribution in [0.2, 0.25) is 0 Å². The Hall–Kier alpha value is -2.21. The molecule has 0 spiro atoms. The fourth-order valence-corrected chi connectivity index (χ4v) is 2.93. The average Bonchev–Trinajstić information content (AvgIpc) is 2.69. The van der Waals surface area contributed by atoms with Crippen LogP contribution in [0.3, 0.4) is 0 Å². The number of amides is 2. The van der Waals surface area contributed by atoms with Gasteiger partial charge in [0.05, 0.1) is 2.74 Å². The molecule has 1 aromatic carbocycles. The first-order chi connectivity index (χ1) is 13.6. The standard InChI is InChI=1S/C21H30N2O4/c1-12(2)19(25)17(24)10-13(3)20(26)22-18-16-9-7-6-8-15(16)11-14(4)23(5)21(18)27/h6-9,12-14,18-19,25H,10-11H2,1-5H3,(H,22,26)/t13-,14?,18+,19+/m1/s1/i13D,14D,18D. The summed E-state index contributed by atoms with van der Waals surface area (Å²) in [5.74, 6) is -4.79. The first-order valence-corrected chi connectivity index (χ1v) is 9.03. The average molecular weight is 377 g/mol. The van der Waals surface area contributed by atoms with Crippen LogP contribution in [0.1, 0.15) is 55.4 Å². The number of Topliss-reactive ketones (excluding diaryl/α,β-unsaturated/α-hetero) is 1. The quantitative estimate of drug-likeness (QED) is 0.792. The minimum absolute atomic E-state index is 0.166. The second-order valence-electron chi connectivity index (χ2n) is 7.37. The maximum atomic E-state index is 13.2. The Labute approximate surface area is 165 Å². The summed E-state index contributed by atoms with van der Waals surface area (Å²) in [4.78, 5) is 39.4. The SMILES string of the molecule is [2H]C1(C)Cc2ccccc2[C@]([2H])(NC(=O)[C@]([2H])(C)CC(=O)[C@@H](O)C(C)C)C(=O)N1C. The van der Waals surface area contributed by atoms with E-state index in [0.29, 0.717) is 5.56 Å². The zero-order chi connectivity index (χ0) is 23.1. The van der Waals surface area contributed by atoms with E-state index >= 15 is 0 Å². The predicted octanol–water partition coefficient (Wildman–Crippen LogP) is 1.86. The van der Waals surface area contributed by atoms with E-state index in [1.54, 1.807) is 45.0 Å². The summed E-state index contributed by atoms with van der Waals surface area (Å²) in [6, 6.07) is 3.03. The van der Waals surface area contributed by atoms with Gasteiger partial charge >= 0.3 is 0 Å². The third-order valence-electron chi connectivity index (χ3n) is 4.85. The molecule has 0 fully saturated rings.